The summed E-state index contributed by atoms with van der Waals surface area (Å²) in [6, 6.07) is 4.92. The monoisotopic (exact) mass is 500 g/mol. The molecule has 2 aromatic rings. The van der Waals surface area contributed by atoms with Crippen molar-refractivity contribution in [3.05, 3.63) is 43.1 Å². The number of hydrogen-bond acceptors (Lipinski definition) is 4. The molecule has 5 nitrogen and oxygen atoms in total. The predicted octanol–water partition coefficient (Wildman–Crippen LogP) is 4.14. The number of furan rings is 1. The van der Waals surface area contributed by atoms with Crippen molar-refractivity contribution in [3.63, 3.8) is 0 Å². The number of nitrogens with one attached hydrogen (secondary N) is 1. The summed E-state index contributed by atoms with van der Waals surface area (Å²) in [5.74, 6) is 0.717. The van der Waals surface area contributed by atoms with Crippen molar-refractivity contribution >= 4 is 63.5 Å². The third kappa shape index (κ3) is 3.70. The van der Waals surface area contributed by atoms with Crippen LogP contribution in [0.15, 0.2) is 40.9 Å². The highest BCUT2D eigenvalue weighted by Gasteiger charge is 2.23. The summed E-state index contributed by atoms with van der Waals surface area (Å²) in [4.78, 5) is 0.0738. The maximum Gasteiger partial charge on any atom is 0.265 e. The van der Waals surface area contributed by atoms with Gasteiger partial charge in [-0.2, -0.15) is 0 Å². The van der Waals surface area contributed by atoms with E-state index in [0.29, 0.717) is 26.2 Å². The molecule has 0 aliphatic rings. The molecule has 9 heteroatoms. The largest absolute Gasteiger partial charge is 0.464 e. The van der Waals surface area contributed by atoms with E-state index < -0.39 is 10.0 Å². The van der Waals surface area contributed by atoms with Crippen molar-refractivity contribution in [2.45, 2.75) is 18.4 Å². The zero-order valence-electron chi connectivity index (χ0n) is 10.8. The molecule has 2 rings (SSSR count). The Bertz CT molecular complexity index is 764. The minimum Gasteiger partial charge on any atom is -0.464 e. The molecule has 0 spiro atoms. The van der Waals surface area contributed by atoms with Crippen LogP contribution in [0.1, 0.15) is 11.5 Å². The van der Waals surface area contributed by atoms with Gasteiger partial charge in [-0.1, -0.05) is 15.9 Å². The van der Waals surface area contributed by atoms with Crippen LogP contribution in [-0.2, 0) is 16.6 Å². The first-order valence-corrected chi connectivity index (χ1v) is 9.57. The fourth-order valence-corrected chi connectivity index (χ4v) is 5.75. The van der Waals surface area contributed by atoms with Crippen molar-refractivity contribution < 1.29 is 12.8 Å². The first kappa shape index (κ1) is 17.0. The summed E-state index contributed by atoms with van der Waals surface area (Å²) in [5.41, 5.74) is 5.87. The molecule has 0 amide bonds. The molecule has 0 unspecified atom stereocenters. The van der Waals surface area contributed by atoms with Gasteiger partial charge in [-0.25, -0.2) is 8.42 Å². The van der Waals surface area contributed by atoms with E-state index in [1.54, 1.807) is 19.1 Å². The van der Waals surface area contributed by atoms with Crippen LogP contribution in [0.5, 0.6) is 0 Å². The average Bonchev–Trinajstić information content (AvgIpc) is 2.76. The van der Waals surface area contributed by atoms with Crippen LogP contribution in [0, 0.1) is 6.92 Å². The highest BCUT2D eigenvalue weighted by atomic mass is 79.9. The normalized spacial score (nSPS) is 11.7. The van der Waals surface area contributed by atoms with Gasteiger partial charge in [-0.05, 0) is 50.9 Å². The van der Waals surface area contributed by atoms with Gasteiger partial charge >= 0.3 is 0 Å². The summed E-state index contributed by atoms with van der Waals surface area (Å²) in [7, 11) is -3.77. The maximum absolute atomic E-state index is 12.5. The van der Waals surface area contributed by atoms with E-state index in [1.807, 2.05) is 0 Å². The minimum atomic E-state index is -3.77. The Morgan fingerprint density at radius 2 is 1.76 bits per heavy atom. The Morgan fingerprint density at radius 1 is 1.19 bits per heavy atom. The van der Waals surface area contributed by atoms with E-state index in [2.05, 4.69) is 52.5 Å². The molecule has 114 valence electrons. The standard InChI is InChI=1S/C12H11Br3N2O3S/c1-6-11(4-8(5-16)20-6)21(18,19)17-12-9(14)2-7(13)3-10(12)15/h2-4,17H,5,16H2,1H3. The fourth-order valence-electron chi connectivity index (χ4n) is 1.72. The lowest BCUT2D eigenvalue weighted by Crippen LogP contribution is -2.14. The molecule has 1 aromatic heterocycles. The highest BCUT2D eigenvalue weighted by Crippen LogP contribution is 2.36. The van der Waals surface area contributed by atoms with Gasteiger partial charge in [-0.3, -0.25) is 4.72 Å². The van der Waals surface area contributed by atoms with Crippen molar-refractivity contribution in [2.24, 2.45) is 5.73 Å². The quantitative estimate of drug-likeness (QED) is 0.658. The van der Waals surface area contributed by atoms with Crippen LogP contribution in [0.4, 0.5) is 5.69 Å². The zero-order valence-corrected chi connectivity index (χ0v) is 16.4. The molecular formula is C12H11Br3N2O3S. The van der Waals surface area contributed by atoms with Gasteiger partial charge in [0.1, 0.15) is 16.4 Å². The number of nitrogens with two attached hydrogens (primary N) is 1. The SMILES string of the molecule is Cc1oc(CN)cc1S(=O)(=O)Nc1c(Br)cc(Br)cc1Br. The van der Waals surface area contributed by atoms with Gasteiger partial charge in [0.05, 0.1) is 12.2 Å². The van der Waals surface area contributed by atoms with E-state index in [-0.39, 0.29) is 11.4 Å². The molecule has 1 heterocycles. The first-order chi connectivity index (χ1) is 9.74. The number of halogens is 3. The molecule has 3 N–H and O–H groups in total. The molecule has 0 aliphatic heterocycles. The van der Waals surface area contributed by atoms with Crippen molar-refractivity contribution in [1.82, 2.24) is 0 Å². The van der Waals surface area contributed by atoms with Crippen molar-refractivity contribution in [1.29, 1.82) is 0 Å². The average molecular weight is 503 g/mol. The van der Waals surface area contributed by atoms with Gasteiger partial charge in [0.25, 0.3) is 10.0 Å². The van der Waals surface area contributed by atoms with Gasteiger partial charge < -0.3 is 10.2 Å². The van der Waals surface area contributed by atoms with Crippen molar-refractivity contribution in [3.8, 4) is 0 Å². The molecule has 0 saturated carbocycles. The first-order valence-electron chi connectivity index (χ1n) is 5.71. The number of benzene rings is 1. The molecule has 0 radical (unpaired) electrons. The van der Waals surface area contributed by atoms with Gasteiger partial charge in [0, 0.05) is 19.5 Å². The van der Waals surface area contributed by atoms with Crippen LogP contribution in [0.25, 0.3) is 0 Å². The summed E-state index contributed by atoms with van der Waals surface area (Å²) in [5, 5.41) is 0. The molecule has 0 saturated heterocycles. The number of aryl methyl sites for hydroxylation is 1. The Morgan fingerprint density at radius 3 is 2.24 bits per heavy atom. The predicted molar refractivity (Wildman–Crippen MR) is 91.7 cm³/mol. The number of rotatable bonds is 4. The molecule has 0 atom stereocenters. The van der Waals surface area contributed by atoms with Crippen LogP contribution < -0.4 is 10.5 Å². The smallest absolute Gasteiger partial charge is 0.265 e. The Kier molecular flexibility index (Phi) is 5.19. The Balaban J connectivity index is 2.44. The number of anilines is 1. The van der Waals surface area contributed by atoms with E-state index in [9.17, 15) is 8.42 Å². The third-order valence-electron chi connectivity index (χ3n) is 2.66. The second kappa shape index (κ2) is 6.41. The summed E-state index contributed by atoms with van der Waals surface area (Å²) >= 11 is 9.99. The second-order valence-electron chi connectivity index (χ2n) is 4.19. The fraction of sp³-hybridized carbons (Fsp3) is 0.167. The highest BCUT2D eigenvalue weighted by molar-refractivity contribution is 9.11. The minimum absolute atomic E-state index is 0.0738. The topological polar surface area (TPSA) is 85.3 Å². The molecule has 0 aliphatic carbocycles. The second-order valence-corrected chi connectivity index (χ2v) is 8.46. The Hall–Kier alpha value is -0.350. The lowest BCUT2D eigenvalue weighted by Gasteiger charge is -2.11. The molecule has 0 fully saturated rings. The summed E-state index contributed by atoms with van der Waals surface area (Å²) in [6.07, 6.45) is 0. The third-order valence-corrected chi connectivity index (χ3v) is 5.82. The lowest BCUT2D eigenvalue weighted by molar-refractivity contribution is 0.479. The number of hydrogen-bond donors (Lipinski definition) is 2. The van der Waals surface area contributed by atoms with E-state index in [0.717, 1.165) is 4.47 Å². The molecule has 1 aromatic carbocycles. The van der Waals surface area contributed by atoms with Crippen LogP contribution in [-0.4, -0.2) is 8.42 Å². The Labute approximate surface area is 147 Å². The zero-order chi connectivity index (χ0) is 15.8. The van der Waals surface area contributed by atoms with Crippen molar-refractivity contribution in [2.75, 3.05) is 4.72 Å². The van der Waals surface area contributed by atoms with Crippen LogP contribution >= 0.6 is 47.8 Å². The summed E-state index contributed by atoms with van der Waals surface area (Å²) < 4.78 is 34.8. The van der Waals surface area contributed by atoms with E-state index in [4.69, 9.17) is 10.2 Å². The van der Waals surface area contributed by atoms with Gasteiger partial charge in [-0.15, -0.1) is 0 Å². The maximum atomic E-state index is 12.5. The van der Waals surface area contributed by atoms with Crippen LogP contribution in [0.2, 0.25) is 0 Å². The molecular weight excluding hydrogens is 492 g/mol. The van der Waals surface area contributed by atoms with Crippen LogP contribution in [0.3, 0.4) is 0 Å². The van der Waals surface area contributed by atoms with Gasteiger partial charge in [0.15, 0.2) is 0 Å². The van der Waals surface area contributed by atoms with E-state index >= 15 is 0 Å². The lowest BCUT2D eigenvalue weighted by atomic mass is 10.3. The van der Waals surface area contributed by atoms with E-state index in [1.165, 1.54) is 6.07 Å². The molecule has 21 heavy (non-hydrogen) atoms. The summed E-state index contributed by atoms with van der Waals surface area (Å²) in [6.45, 7) is 1.72. The number of sulfonamides is 1. The van der Waals surface area contributed by atoms with Gasteiger partial charge in [0.2, 0.25) is 0 Å². The molecule has 0 bridgehead atoms.